The van der Waals surface area contributed by atoms with Crippen molar-refractivity contribution in [3.63, 3.8) is 0 Å². The largest absolute Gasteiger partial charge is 0.342 e. The number of hydrogen-bond donors (Lipinski definition) is 3. The summed E-state index contributed by atoms with van der Waals surface area (Å²) in [7, 11) is 0. The van der Waals surface area contributed by atoms with E-state index < -0.39 is 0 Å². The summed E-state index contributed by atoms with van der Waals surface area (Å²) in [4.78, 5) is 15.1. The summed E-state index contributed by atoms with van der Waals surface area (Å²) in [5, 5.41) is 3.42. The third-order valence-electron chi connectivity index (χ3n) is 7.75. The summed E-state index contributed by atoms with van der Waals surface area (Å²) in [5.41, 5.74) is 8.10. The Morgan fingerprint density at radius 2 is 1.96 bits per heavy atom. The van der Waals surface area contributed by atoms with E-state index in [1.165, 1.54) is 6.07 Å². The molecule has 4 fully saturated rings. The lowest BCUT2D eigenvalue weighted by atomic mass is 9.80. The van der Waals surface area contributed by atoms with Gasteiger partial charge in [0.05, 0.1) is 0 Å². The Kier molecular flexibility index (Phi) is 4.89. The van der Waals surface area contributed by atoms with Gasteiger partial charge in [-0.25, -0.2) is 4.39 Å². The van der Waals surface area contributed by atoms with Gasteiger partial charge in [-0.05, 0) is 74.2 Å². The molecule has 3 unspecified atom stereocenters. The first kappa shape index (κ1) is 18.5. The predicted molar refractivity (Wildman–Crippen MR) is 106 cm³/mol. The van der Waals surface area contributed by atoms with Crippen LogP contribution in [0.15, 0.2) is 24.3 Å². The molecule has 152 valence electrons. The predicted octanol–water partition coefficient (Wildman–Crippen LogP) is 2.01. The molecule has 28 heavy (non-hydrogen) atoms. The van der Waals surface area contributed by atoms with Gasteiger partial charge in [-0.1, -0.05) is 12.1 Å². The number of likely N-dealkylation sites (tertiary alicyclic amines) is 1. The molecule has 3 saturated heterocycles. The first-order chi connectivity index (χ1) is 13.7. The molecule has 4 aliphatic rings. The fourth-order valence-corrected chi connectivity index (χ4v) is 5.90. The number of benzene rings is 1. The van der Waals surface area contributed by atoms with E-state index >= 15 is 0 Å². The van der Waals surface area contributed by atoms with E-state index in [4.69, 9.17) is 0 Å². The smallest absolute Gasteiger partial charge is 0.226 e. The average molecular weight is 387 g/mol. The molecular formula is C22H31FN4O. The van der Waals surface area contributed by atoms with Crippen LogP contribution in [0.4, 0.5) is 4.39 Å². The molecule has 0 aromatic heterocycles. The Bertz CT molecular complexity index is 727. The summed E-state index contributed by atoms with van der Waals surface area (Å²) < 4.78 is 13.7. The van der Waals surface area contributed by atoms with Crippen LogP contribution in [0, 0.1) is 23.1 Å². The number of amides is 1. The van der Waals surface area contributed by atoms with E-state index in [-0.39, 0.29) is 17.7 Å². The number of piperidine rings is 2. The fraction of sp³-hybridized carbons (Fsp3) is 0.682. The topological polar surface area (TPSA) is 56.4 Å². The quantitative estimate of drug-likeness (QED) is 0.744. The van der Waals surface area contributed by atoms with Crippen LogP contribution in [0.2, 0.25) is 0 Å². The van der Waals surface area contributed by atoms with E-state index in [1.54, 1.807) is 12.1 Å². The van der Waals surface area contributed by atoms with Crippen LogP contribution in [-0.2, 0) is 4.79 Å². The number of carbonyl (C=O) groups is 1. The Morgan fingerprint density at radius 1 is 1.18 bits per heavy atom. The van der Waals surface area contributed by atoms with E-state index in [0.717, 1.165) is 70.4 Å². The van der Waals surface area contributed by atoms with Crippen molar-refractivity contribution in [1.82, 2.24) is 21.1 Å². The van der Waals surface area contributed by atoms with Crippen molar-refractivity contribution in [1.29, 1.82) is 0 Å². The zero-order valence-corrected chi connectivity index (χ0v) is 16.4. The highest BCUT2D eigenvalue weighted by molar-refractivity contribution is 5.82. The number of nitrogens with zero attached hydrogens (tertiary/aromatic N) is 1. The standard InChI is InChI=1S/C22H31FN4O/c23-17-3-1-2-16(12-17)18-14-25-26-20(18)15-4-10-27(11-5-15)21(28)19-13-22(19)6-8-24-9-7-22/h1-3,12,15,18-20,24-26H,4-11,13-14H2. The van der Waals surface area contributed by atoms with Crippen molar-refractivity contribution in [3.8, 4) is 0 Å². The van der Waals surface area contributed by atoms with Gasteiger partial charge in [0.2, 0.25) is 5.91 Å². The maximum Gasteiger partial charge on any atom is 0.226 e. The molecule has 3 aliphatic heterocycles. The zero-order chi connectivity index (χ0) is 19.1. The Morgan fingerprint density at radius 3 is 2.71 bits per heavy atom. The van der Waals surface area contributed by atoms with Crippen molar-refractivity contribution >= 4 is 5.91 Å². The molecule has 0 radical (unpaired) electrons. The molecule has 1 saturated carbocycles. The molecule has 6 heteroatoms. The van der Waals surface area contributed by atoms with E-state index in [1.807, 2.05) is 6.07 Å². The van der Waals surface area contributed by atoms with Crippen molar-refractivity contribution in [3.05, 3.63) is 35.6 Å². The molecule has 3 atom stereocenters. The Labute approximate surface area is 166 Å². The van der Waals surface area contributed by atoms with Crippen LogP contribution in [-0.4, -0.2) is 49.6 Å². The lowest BCUT2D eigenvalue weighted by molar-refractivity contribution is -0.135. The highest BCUT2D eigenvalue weighted by atomic mass is 19.1. The maximum atomic E-state index is 13.7. The van der Waals surface area contributed by atoms with Crippen molar-refractivity contribution in [2.75, 3.05) is 32.7 Å². The molecule has 3 N–H and O–H groups in total. The highest BCUT2D eigenvalue weighted by Gasteiger charge is 2.58. The first-order valence-corrected chi connectivity index (χ1v) is 10.9. The van der Waals surface area contributed by atoms with E-state index in [2.05, 4.69) is 21.1 Å². The number of nitrogens with one attached hydrogen (secondary N) is 3. The van der Waals surface area contributed by atoms with Gasteiger partial charge in [0, 0.05) is 37.5 Å². The second kappa shape index (κ2) is 7.39. The summed E-state index contributed by atoms with van der Waals surface area (Å²) >= 11 is 0. The van der Waals surface area contributed by atoms with Crippen LogP contribution in [0.3, 0.4) is 0 Å². The second-order valence-electron chi connectivity index (χ2n) is 9.24. The van der Waals surface area contributed by atoms with Crippen LogP contribution in [0.5, 0.6) is 0 Å². The monoisotopic (exact) mass is 386 g/mol. The van der Waals surface area contributed by atoms with Crippen molar-refractivity contribution in [2.24, 2.45) is 17.3 Å². The minimum absolute atomic E-state index is 0.167. The number of rotatable bonds is 3. The number of hydrazine groups is 1. The number of carbonyl (C=O) groups excluding carboxylic acids is 1. The number of hydrogen-bond acceptors (Lipinski definition) is 4. The van der Waals surface area contributed by atoms with Crippen molar-refractivity contribution < 1.29 is 9.18 Å². The van der Waals surface area contributed by atoms with E-state index in [9.17, 15) is 9.18 Å². The van der Waals surface area contributed by atoms with Gasteiger partial charge in [0.1, 0.15) is 5.82 Å². The normalized spacial score (nSPS) is 32.6. The fourth-order valence-electron chi connectivity index (χ4n) is 5.90. The SMILES string of the molecule is O=C(C1CC12CCNCC2)N1CCC(C2NNCC2c2cccc(F)c2)CC1. The molecule has 1 aromatic carbocycles. The lowest BCUT2D eigenvalue weighted by Crippen LogP contribution is -2.46. The van der Waals surface area contributed by atoms with Crippen LogP contribution < -0.4 is 16.2 Å². The molecule has 3 heterocycles. The minimum atomic E-state index is -0.167. The second-order valence-corrected chi connectivity index (χ2v) is 9.24. The van der Waals surface area contributed by atoms with Gasteiger partial charge in [0.25, 0.3) is 0 Å². The summed E-state index contributed by atoms with van der Waals surface area (Å²) in [5.74, 6) is 1.31. The lowest BCUT2D eigenvalue weighted by Gasteiger charge is -2.37. The molecule has 5 rings (SSSR count). The van der Waals surface area contributed by atoms with Gasteiger partial charge in [-0.3, -0.25) is 15.6 Å². The minimum Gasteiger partial charge on any atom is -0.342 e. The van der Waals surface area contributed by atoms with E-state index in [0.29, 0.717) is 23.3 Å². The zero-order valence-electron chi connectivity index (χ0n) is 16.4. The molecule has 1 amide bonds. The van der Waals surface area contributed by atoms with Gasteiger partial charge in [-0.15, -0.1) is 0 Å². The number of halogens is 1. The summed E-state index contributed by atoms with van der Waals surface area (Å²) in [6, 6.07) is 7.30. The Hall–Kier alpha value is -1.50. The van der Waals surface area contributed by atoms with Gasteiger partial charge < -0.3 is 10.2 Å². The van der Waals surface area contributed by atoms with Gasteiger partial charge in [0.15, 0.2) is 0 Å². The molecule has 1 spiro atoms. The highest BCUT2D eigenvalue weighted by Crippen LogP contribution is 2.59. The molecule has 1 aromatic rings. The Balaban J connectivity index is 1.18. The molecule has 5 nitrogen and oxygen atoms in total. The third-order valence-corrected chi connectivity index (χ3v) is 7.75. The van der Waals surface area contributed by atoms with Crippen molar-refractivity contribution in [2.45, 2.75) is 44.1 Å². The summed E-state index contributed by atoms with van der Waals surface area (Å²) in [6.07, 6.45) is 5.47. The van der Waals surface area contributed by atoms with Crippen LogP contribution >= 0.6 is 0 Å². The summed E-state index contributed by atoms with van der Waals surface area (Å²) in [6.45, 7) is 4.68. The van der Waals surface area contributed by atoms with Gasteiger partial charge in [-0.2, -0.15) is 0 Å². The molecule has 0 bridgehead atoms. The first-order valence-electron chi connectivity index (χ1n) is 10.9. The average Bonchev–Trinajstić information content (AvgIpc) is 3.19. The van der Waals surface area contributed by atoms with Gasteiger partial charge >= 0.3 is 0 Å². The van der Waals surface area contributed by atoms with Crippen LogP contribution in [0.1, 0.15) is 43.6 Å². The third kappa shape index (κ3) is 3.36. The maximum absolute atomic E-state index is 13.7. The molecule has 1 aliphatic carbocycles. The molecular weight excluding hydrogens is 355 g/mol. The van der Waals surface area contributed by atoms with Crippen LogP contribution in [0.25, 0.3) is 0 Å².